The predicted molar refractivity (Wildman–Crippen MR) is 120 cm³/mol. The summed E-state index contributed by atoms with van der Waals surface area (Å²) in [6, 6.07) is 28.8. The van der Waals surface area contributed by atoms with E-state index in [-0.39, 0.29) is 6.10 Å². The van der Waals surface area contributed by atoms with Crippen LogP contribution in [-0.2, 0) is 11.3 Å². The summed E-state index contributed by atoms with van der Waals surface area (Å²) in [5.74, 6) is 0.300. The van der Waals surface area contributed by atoms with Crippen LogP contribution in [-0.4, -0.2) is 30.6 Å². The van der Waals surface area contributed by atoms with Crippen molar-refractivity contribution in [3.8, 4) is 0 Å². The van der Waals surface area contributed by atoms with Gasteiger partial charge in [-0.25, -0.2) is 0 Å². The molecule has 0 aromatic heterocycles. The van der Waals surface area contributed by atoms with E-state index in [4.69, 9.17) is 4.74 Å². The van der Waals surface area contributed by atoms with Crippen LogP contribution in [0.15, 0.2) is 78.9 Å². The minimum atomic E-state index is 0.214. The Morgan fingerprint density at radius 2 is 1.41 bits per heavy atom. The van der Waals surface area contributed by atoms with Crippen LogP contribution in [0.1, 0.15) is 40.2 Å². The highest BCUT2D eigenvalue weighted by Gasteiger charge is 2.39. The minimum Gasteiger partial charge on any atom is -0.372 e. The smallest absolute Gasteiger partial charge is 0.0756 e. The van der Waals surface area contributed by atoms with Gasteiger partial charge in [0.1, 0.15) is 0 Å². The highest BCUT2D eigenvalue weighted by molar-refractivity contribution is 5.35. The summed E-state index contributed by atoms with van der Waals surface area (Å²) in [6.45, 7) is 6.05. The predicted octanol–water partition coefficient (Wildman–Crippen LogP) is 5.72. The molecule has 0 bridgehead atoms. The normalized spacial score (nSPS) is 19.7. The number of ether oxygens (including phenoxy) is 1. The number of rotatable bonds is 6. The Labute approximate surface area is 175 Å². The van der Waals surface area contributed by atoms with E-state index >= 15 is 0 Å². The van der Waals surface area contributed by atoms with E-state index < -0.39 is 0 Å². The molecule has 29 heavy (non-hydrogen) atoms. The first kappa shape index (κ1) is 19.9. The van der Waals surface area contributed by atoms with Gasteiger partial charge in [0.2, 0.25) is 0 Å². The molecule has 2 nitrogen and oxygen atoms in total. The van der Waals surface area contributed by atoms with E-state index in [1.54, 1.807) is 0 Å². The third kappa shape index (κ3) is 4.60. The van der Waals surface area contributed by atoms with Crippen molar-refractivity contribution in [1.29, 1.82) is 0 Å². The van der Waals surface area contributed by atoms with Gasteiger partial charge >= 0.3 is 0 Å². The standard InChI is InChI=1S/C27H31NO/c1-20-16-21(2)18-22(17-20)19-29-25-14-15-28(3)27(25)26(23-10-6-4-7-11-23)24-12-8-5-9-13-24/h4-13,16-18,25-27H,14-15,19H2,1-3H3/t25-,27+/m1/s1. The third-order valence-electron chi connectivity index (χ3n) is 6.06. The van der Waals surface area contributed by atoms with Crippen LogP contribution in [0.25, 0.3) is 0 Å². The van der Waals surface area contributed by atoms with Crippen molar-refractivity contribution in [2.24, 2.45) is 0 Å². The van der Waals surface area contributed by atoms with E-state index in [2.05, 4.69) is 105 Å². The highest BCUT2D eigenvalue weighted by Crippen LogP contribution is 2.37. The number of hydrogen-bond acceptors (Lipinski definition) is 2. The van der Waals surface area contributed by atoms with Gasteiger partial charge in [-0.15, -0.1) is 0 Å². The maximum absolute atomic E-state index is 6.56. The summed E-state index contributed by atoms with van der Waals surface area (Å²) < 4.78 is 6.56. The van der Waals surface area contributed by atoms with Crippen LogP contribution in [0, 0.1) is 13.8 Å². The molecule has 0 amide bonds. The Bertz CT molecular complexity index is 862. The van der Waals surface area contributed by atoms with Gasteiger partial charge in [-0.2, -0.15) is 0 Å². The van der Waals surface area contributed by atoms with Gasteiger partial charge in [0, 0.05) is 18.5 Å². The lowest BCUT2D eigenvalue weighted by Crippen LogP contribution is -2.39. The van der Waals surface area contributed by atoms with Gasteiger partial charge in [-0.3, -0.25) is 4.90 Å². The molecule has 0 aliphatic carbocycles. The van der Waals surface area contributed by atoms with Gasteiger partial charge in [0.15, 0.2) is 0 Å². The zero-order chi connectivity index (χ0) is 20.2. The lowest BCUT2D eigenvalue weighted by Gasteiger charge is -2.34. The molecule has 1 aliphatic heterocycles. The van der Waals surface area contributed by atoms with Gasteiger partial charge in [-0.1, -0.05) is 90.0 Å². The fourth-order valence-corrected chi connectivity index (χ4v) is 4.85. The van der Waals surface area contributed by atoms with Crippen LogP contribution in [0.2, 0.25) is 0 Å². The first-order valence-electron chi connectivity index (χ1n) is 10.6. The zero-order valence-corrected chi connectivity index (χ0v) is 17.7. The van der Waals surface area contributed by atoms with Gasteiger partial charge in [0.05, 0.1) is 12.7 Å². The topological polar surface area (TPSA) is 12.5 Å². The Balaban J connectivity index is 1.61. The molecule has 3 aromatic carbocycles. The summed E-state index contributed by atoms with van der Waals surface area (Å²) in [4.78, 5) is 2.48. The first-order chi connectivity index (χ1) is 14.1. The van der Waals surface area contributed by atoms with E-state index in [0.717, 1.165) is 13.0 Å². The van der Waals surface area contributed by atoms with Crippen molar-refractivity contribution >= 4 is 0 Å². The van der Waals surface area contributed by atoms with E-state index in [1.807, 2.05) is 0 Å². The fourth-order valence-electron chi connectivity index (χ4n) is 4.85. The summed E-state index contributed by atoms with van der Waals surface area (Å²) in [6.07, 6.45) is 1.29. The quantitative estimate of drug-likeness (QED) is 0.538. The molecule has 0 saturated carbocycles. The molecule has 1 aliphatic rings. The molecule has 2 heteroatoms. The van der Waals surface area contributed by atoms with Crippen LogP contribution in [0.3, 0.4) is 0 Å². The van der Waals surface area contributed by atoms with Crippen molar-refractivity contribution < 1.29 is 4.74 Å². The average Bonchev–Trinajstić information content (AvgIpc) is 3.08. The van der Waals surface area contributed by atoms with Gasteiger partial charge in [0.25, 0.3) is 0 Å². The summed E-state index contributed by atoms with van der Waals surface area (Å²) >= 11 is 0. The molecule has 1 fully saturated rings. The number of hydrogen-bond donors (Lipinski definition) is 0. The van der Waals surface area contributed by atoms with Gasteiger partial charge < -0.3 is 4.74 Å². The monoisotopic (exact) mass is 385 g/mol. The summed E-state index contributed by atoms with van der Waals surface area (Å²) in [5.41, 5.74) is 6.59. The highest BCUT2D eigenvalue weighted by atomic mass is 16.5. The Morgan fingerprint density at radius 1 is 0.862 bits per heavy atom. The Kier molecular flexibility index (Phi) is 6.13. The first-order valence-corrected chi connectivity index (χ1v) is 10.6. The maximum Gasteiger partial charge on any atom is 0.0756 e. The molecular weight excluding hydrogens is 354 g/mol. The molecule has 4 rings (SSSR count). The van der Waals surface area contributed by atoms with E-state index in [1.165, 1.54) is 27.8 Å². The van der Waals surface area contributed by atoms with Crippen LogP contribution >= 0.6 is 0 Å². The number of likely N-dealkylation sites (tertiary alicyclic amines) is 1. The zero-order valence-electron chi connectivity index (χ0n) is 17.7. The molecule has 1 heterocycles. The molecule has 3 aromatic rings. The molecule has 1 saturated heterocycles. The van der Waals surface area contributed by atoms with Crippen LogP contribution in [0.4, 0.5) is 0 Å². The Hall–Kier alpha value is -2.42. The van der Waals surface area contributed by atoms with Crippen molar-refractivity contribution in [3.05, 3.63) is 107 Å². The van der Waals surface area contributed by atoms with Gasteiger partial charge in [-0.05, 0) is 44.0 Å². The number of benzene rings is 3. The van der Waals surface area contributed by atoms with Crippen molar-refractivity contribution in [2.45, 2.75) is 44.9 Å². The van der Waals surface area contributed by atoms with E-state index in [0.29, 0.717) is 18.6 Å². The minimum absolute atomic E-state index is 0.214. The lowest BCUT2D eigenvalue weighted by atomic mass is 9.83. The van der Waals surface area contributed by atoms with Crippen molar-refractivity contribution in [1.82, 2.24) is 4.90 Å². The second-order valence-corrected chi connectivity index (χ2v) is 8.40. The SMILES string of the molecule is Cc1cc(C)cc(CO[C@@H]2CCN(C)[C@@H]2C(c2ccccc2)c2ccccc2)c1. The summed E-state index contributed by atoms with van der Waals surface area (Å²) in [5, 5.41) is 0. The van der Waals surface area contributed by atoms with Crippen LogP contribution < -0.4 is 0 Å². The third-order valence-corrected chi connectivity index (χ3v) is 6.06. The number of likely N-dealkylation sites (N-methyl/N-ethyl adjacent to an activating group) is 1. The lowest BCUT2D eigenvalue weighted by molar-refractivity contribution is 0.0147. The molecule has 0 N–H and O–H groups in total. The molecule has 0 radical (unpaired) electrons. The molecule has 2 atom stereocenters. The molecular formula is C27H31NO. The average molecular weight is 386 g/mol. The fraction of sp³-hybridized carbons (Fsp3) is 0.333. The van der Waals surface area contributed by atoms with Crippen molar-refractivity contribution in [2.75, 3.05) is 13.6 Å². The van der Waals surface area contributed by atoms with E-state index in [9.17, 15) is 0 Å². The second-order valence-electron chi connectivity index (χ2n) is 8.40. The molecule has 150 valence electrons. The second kappa shape index (κ2) is 8.94. The summed E-state index contributed by atoms with van der Waals surface area (Å²) in [7, 11) is 2.24. The molecule has 0 spiro atoms. The maximum atomic E-state index is 6.56. The number of aryl methyl sites for hydroxylation is 2. The number of nitrogens with zero attached hydrogens (tertiary/aromatic N) is 1. The molecule has 0 unspecified atom stereocenters. The van der Waals surface area contributed by atoms with Crippen LogP contribution in [0.5, 0.6) is 0 Å². The Morgan fingerprint density at radius 3 is 1.97 bits per heavy atom. The van der Waals surface area contributed by atoms with Crippen molar-refractivity contribution in [3.63, 3.8) is 0 Å². The largest absolute Gasteiger partial charge is 0.372 e.